The van der Waals surface area contributed by atoms with Crippen LogP contribution in [0.4, 0.5) is 10.3 Å². The van der Waals surface area contributed by atoms with Crippen molar-refractivity contribution in [2.75, 3.05) is 12.8 Å². The minimum Gasteiger partial charge on any atom is -0.479 e. The standard InChI is InChI=1S/C13H12FN5O/c1-7-3-4-8(5-9(7)14)19-11-10(18-13(19)15)12(20-2)17-6-16-11/h3-6H,1-2H3,(H2,15,18). The maximum Gasteiger partial charge on any atom is 0.245 e. The maximum absolute atomic E-state index is 13.7. The first-order valence-corrected chi connectivity index (χ1v) is 5.91. The number of imidazole rings is 1. The number of nitrogens with zero attached hydrogens (tertiary/aromatic N) is 4. The van der Waals surface area contributed by atoms with Gasteiger partial charge in [0.15, 0.2) is 11.2 Å². The number of aromatic nitrogens is 4. The number of nitrogen functional groups attached to an aromatic ring is 1. The van der Waals surface area contributed by atoms with Gasteiger partial charge < -0.3 is 10.5 Å². The van der Waals surface area contributed by atoms with Crippen LogP contribution in [0.2, 0.25) is 0 Å². The largest absolute Gasteiger partial charge is 0.479 e. The molecule has 0 fully saturated rings. The summed E-state index contributed by atoms with van der Waals surface area (Å²) >= 11 is 0. The van der Waals surface area contributed by atoms with E-state index in [1.54, 1.807) is 23.6 Å². The summed E-state index contributed by atoms with van der Waals surface area (Å²) in [6, 6.07) is 4.82. The molecule has 0 aliphatic rings. The van der Waals surface area contributed by atoms with Gasteiger partial charge in [-0.05, 0) is 24.6 Å². The van der Waals surface area contributed by atoms with Gasteiger partial charge in [0.25, 0.3) is 0 Å². The highest BCUT2D eigenvalue weighted by Gasteiger charge is 2.16. The Morgan fingerprint density at radius 3 is 2.80 bits per heavy atom. The Hall–Kier alpha value is -2.70. The Morgan fingerprint density at radius 1 is 1.30 bits per heavy atom. The number of ether oxygens (including phenoxy) is 1. The van der Waals surface area contributed by atoms with E-state index in [-0.39, 0.29) is 11.8 Å². The van der Waals surface area contributed by atoms with E-state index in [2.05, 4.69) is 15.0 Å². The van der Waals surface area contributed by atoms with E-state index in [0.717, 1.165) is 0 Å². The summed E-state index contributed by atoms with van der Waals surface area (Å²) in [5, 5.41) is 0. The molecule has 3 rings (SSSR count). The second kappa shape index (κ2) is 4.44. The first-order valence-electron chi connectivity index (χ1n) is 5.91. The maximum atomic E-state index is 13.7. The molecular weight excluding hydrogens is 261 g/mol. The quantitative estimate of drug-likeness (QED) is 0.771. The minimum atomic E-state index is -0.315. The van der Waals surface area contributed by atoms with Gasteiger partial charge in [0.1, 0.15) is 12.1 Å². The zero-order chi connectivity index (χ0) is 14.3. The molecule has 102 valence electrons. The van der Waals surface area contributed by atoms with E-state index in [1.807, 2.05) is 0 Å². The summed E-state index contributed by atoms with van der Waals surface area (Å²) in [6.07, 6.45) is 1.35. The second-order valence-corrected chi connectivity index (χ2v) is 4.29. The topological polar surface area (TPSA) is 78.8 Å². The fourth-order valence-electron chi connectivity index (χ4n) is 2.01. The van der Waals surface area contributed by atoms with Crippen LogP contribution in [0.25, 0.3) is 16.9 Å². The number of aryl methyl sites for hydroxylation is 1. The zero-order valence-corrected chi connectivity index (χ0v) is 11.0. The number of rotatable bonds is 2. The Kier molecular flexibility index (Phi) is 2.74. The van der Waals surface area contributed by atoms with Gasteiger partial charge in [0.2, 0.25) is 11.8 Å². The second-order valence-electron chi connectivity index (χ2n) is 4.29. The molecule has 0 aliphatic carbocycles. The predicted octanol–water partition coefficient (Wildman–Crippen LogP) is 1.85. The Balaban J connectivity index is 2.30. The summed E-state index contributed by atoms with van der Waals surface area (Å²) < 4.78 is 20.4. The van der Waals surface area contributed by atoms with Crippen molar-refractivity contribution in [3.8, 4) is 11.6 Å². The van der Waals surface area contributed by atoms with Crippen molar-refractivity contribution in [2.45, 2.75) is 6.92 Å². The van der Waals surface area contributed by atoms with Crippen LogP contribution in [-0.2, 0) is 0 Å². The van der Waals surface area contributed by atoms with Gasteiger partial charge in [0.05, 0.1) is 12.8 Å². The van der Waals surface area contributed by atoms with Gasteiger partial charge in [-0.2, -0.15) is 4.98 Å². The summed E-state index contributed by atoms with van der Waals surface area (Å²) in [5.41, 5.74) is 7.92. The number of hydrogen-bond acceptors (Lipinski definition) is 5. The third-order valence-corrected chi connectivity index (χ3v) is 3.04. The minimum absolute atomic E-state index is 0.196. The highest BCUT2D eigenvalue weighted by molar-refractivity contribution is 5.81. The summed E-state index contributed by atoms with van der Waals surface area (Å²) in [4.78, 5) is 12.3. The molecule has 0 saturated heterocycles. The van der Waals surface area contributed by atoms with Gasteiger partial charge in [0, 0.05) is 0 Å². The Bertz CT molecular complexity index is 799. The monoisotopic (exact) mass is 273 g/mol. The highest BCUT2D eigenvalue weighted by atomic mass is 19.1. The molecule has 0 spiro atoms. The van der Waals surface area contributed by atoms with E-state index >= 15 is 0 Å². The van der Waals surface area contributed by atoms with Crippen molar-refractivity contribution in [3.63, 3.8) is 0 Å². The Morgan fingerprint density at radius 2 is 2.10 bits per heavy atom. The third-order valence-electron chi connectivity index (χ3n) is 3.04. The molecule has 0 atom stereocenters. The average molecular weight is 273 g/mol. The van der Waals surface area contributed by atoms with Crippen LogP contribution < -0.4 is 10.5 Å². The highest BCUT2D eigenvalue weighted by Crippen LogP contribution is 2.26. The molecule has 7 heteroatoms. The molecule has 6 nitrogen and oxygen atoms in total. The molecule has 1 aromatic carbocycles. The van der Waals surface area contributed by atoms with E-state index in [1.165, 1.54) is 19.5 Å². The number of benzene rings is 1. The molecule has 3 aromatic rings. The fourth-order valence-corrected chi connectivity index (χ4v) is 2.01. The van der Waals surface area contributed by atoms with Gasteiger partial charge in [-0.15, -0.1) is 0 Å². The Labute approximate surface area is 114 Å². The average Bonchev–Trinajstić information content (AvgIpc) is 2.78. The molecular formula is C13H12FN5O. The van der Waals surface area contributed by atoms with Gasteiger partial charge in [-0.1, -0.05) is 6.07 Å². The normalized spacial score (nSPS) is 10.9. The number of nitrogens with two attached hydrogens (primary N) is 1. The SMILES string of the molecule is COc1ncnc2c1nc(N)n2-c1ccc(C)c(F)c1. The molecule has 0 radical (unpaired) electrons. The van der Waals surface area contributed by atoms with Crippen LogP contribution in [0, 0.1) is 12.7 Å². The van der Waals surface area contributed by atoms with Crippen molar-refractivity contribution in [1.82, 2.24) is 19.5 Å². The zero-order valence-electron chi connectivity index (χ0n) is 11.0. The van der Waals surface area contributed by atoms with E-state index in [9.17, 15) is 4.39 Å². The number of anilines is 1. The molecule has 0 amide bonds. The smallest absolute Gasteiger partial charge is 0.245 e. The van der Waals surface area contributed by atoms with Crippen molar-refractivity contribution in [2.24, 2.45) is 0 Å². The van der Waals surface area contributed by atoms with E-state index in [0.29, 0.717) is 28.3 Å². The lowest BCUT2D eigenvalue weighted by Gasteiger charge is -2.07. The molecule has 0 bridgehead atoms. The first kappa shape index (κ1) is 12.3. The van der Waals surface area contributed by atoms with Crippen molar-refractivity contribution < 1.29 is 9.13 Å². The molecule has 2 N–H and O–H groups in total. The number of halogens is 1. The molecule has 0 saturated carbocycles. The number of hydrogen-bond donors (Lipinski definition) is 1. The summed E-state index contributed by atoms with van der Waals surface area (Å²) in [6.45, 7) is 1.69. The van der Waals surface area contributed by atoms with Gasteiger partial charge in [-0.3, -0.25) is 4.57 Å². The predicted molar refractivity (Wildman–Crippen MR) is 72.3 cm³/mol. The van der Waals surface area contributed by atoms with Crippen molar-refractivity contribution in [1.29, 1.82) is 0 Å². The molecule has 0 aliphatic heterocycles. The van der Waals surface area contributed by atoms with Gasteiger partial charge in [-0.25, -0.2) is 14.4 Å². The number of methoxy groups -OCH3 is 1. The summed E-state index contributed by atoms with van der Waals surface area (Å²) in [7, 11) is 1.49. The third kappa shape index (κ3) is 1.75. The van der Waals surface area contributed by atoms with Crippen LogP contribution in [0.3, 0.4) is 0 Å². The van der Waals surface area contributed by atoms with Gasteiger partial charge >= 0.3 is 0 Å². The van der Waals surface area contributed by atoms with Crippen LogP contribution in [0.15, 0.2) is 24.5 Å². The lowest BCUT2D eigenvalue weighted by molar-refractivity contribution is 0.401. The molecule has 20 heavy (non-hydrogen) atoms. The fraction of sp³-hybridized carbons (Fsp3) is 0.154. The lowest BCUT2D eigenvalue weighted by atomic mass is 10.2. The molecule has 2 heterocycles. The van der Waals surface area contributed by atoms with Crippen LogP contribution in [0.5, 0.6) is 5.88 Å². The number of fused-ring (bicyclic) bond motifs is 1. The van der Waals surface area contributed by atoms with Crippen LogP contribution in [-0.4, -0.2) is 26.6 Å². The molecule has 0 unspecified atom stereocenters. The van der Waals surface area contributed by atoms with Crippen LogP contribution in [0.1, 0.15) is 5.56 Å². The van der Waals surface area contributed by atoms with E-state index < -0.39 is 0 Å². The molecule has 2 aromatic heterocycles. The first-order chi connectivity index (χ1) is 9.61. The van der Waals surface area contributed by atoms with Crippen molar-refractivity contribution in [3.05, 3.63) is 35.9 Å². The lowest BCUT2D eigenvalue weighted by Crippen LogP contribution is -2.02. The van der Waals surface area contributed by atoms with E-state index in [4.69, 9.17) is 10.5 Å². The summed E-state index contributed by atoms with van der Waals surface area (Å²) in [5.74, 6) is 0.208. The van der Waals surface area contributed by atoms with Crippen molar-refractivity contribution >= 4 is 17.1 Å². The van der Waals surface area contributed by atoms with Crippen LogP contribution >= 0.6 is 0 Å².